The SMILES string of the molecule is C=C/C(=C\C(=C/CC(=O)Cc1cccc(C(C[C@H](C)CCCCC)C2CCC2)c1)CCCCC(CC)OCCCCCCC(CC)c1ccc2c(c1)CC([C@H](C=O)CCC=O)C2=O)C(F)(F)F. The zero-order valence-corrected chi connectivity index (χ0v) is 41.5. The van der Waals surface area contributed by atoms with Crippen LogP contribution in [0.3, 0.4) is 0 Å². The zero-order valence-electron chi connectivity index (χ0n) is 41.5. The van der Waals surface area contributed by atoms with Gasteiger partial charge in [-0.15, -0.1) is 0 Å². The number of ether oxygens (including phenoxy) is 1. The van der Waals surface area contributed by atoms with Gasteiger partial charge in [0.25, 0.3) is 0 Å². The van der Waals surface area contributed by atoms with Gasteiger partial charge in [-0.2, -0.15) is 13.2 Å². The Morgan fingerprint density at radius 1 is 0.881 bits per heavy atom. The number of hydrogen-bond donors (Lipinski definition) is 0. The predicted molar refractivity (Wildman–Crippen MR) is 268 cm³/mol. The molecule has 370 valence electrons. The van der Waals surface area contributed by atoms with Crippen molar-refractivity contribution in [2.75, 3.05) is 6.61 Å². The third kappa shape index (κ3) is 18.5. The van der Waals surface area contributed by atoms with Crippen molar-refractivity contribution < 1.29 is 37.1 Å². The van der Waals surface area contributed by atoms with Gasteiger partial charge < -0.3 is 14.3 Å². The van der Waals surface area contributed by atoms with Crippen molar-refractivity contribution in [3.63, 3.8) is 0 Å². The molecule has 0 aromatic heterocycles. The van der Waals surface area contributed by atoms with Crippen molar-refractivity contribution in [3.8, 4) is 0 Å². The maximum Gasteiger partial charge on any atom is 0.416 e. The molecule has 0 radical (unpaired) electrons. The Morgan fingerprint density at radius 2 is 1.64 bits per heavy atom. The van der Waals surface area contributed by atoms with Gasteiger partial charge in [0.1, 0.15) is 18.4 Å². The summed E-state index contributed by atoms with van der Waals surface area (Å²) in [6, 6.07) is 14.7. The number of ketones is 2. The fraction of sp³-hybridized carbons (Fsp3) is 0.627. The third-order valence-electron chi connectivity index (χ3n) is 14.9. The Labute approximate surface area is 402 Å². The first kappa shape index (κ1) is 55.7. The van der Waals surface area contributed by atoms with Crippen LogP contribution in [-0.4, -0.2) is 43.0 Å². The maximum atomic E-state index is 13.8. The van der Waals surface area contributed by atoms with Crippen molar-refractivity contribution >= 4 is 24.1 Å². The molecule has 0 N–H and O–H groups in total. The fourth-order valence-corrected chi connectivity index (χ4v) is 10.5. The Bertz CT molecular complexity index is 1910. The summed E-state index contributed by atoms with van der Waals surface area (Å²) < 4.78 is 47.8. The minimum absolute atomic E-state index is 0.000789. The molecule has 0 bridgehead atoms. The van der Waals surface area contributed by atoms with Gasteiger partial charge in [-0.3, -0.25) is 9.59 Å². The molecule has 5 nitrogen and oxygen atoms in total. The topological polar surface area (TPSA) is 77.5 Å². The van der Waals surface area contributed by atoms with E-state index in [9.17, 15) is 32.3 Å². The molecule has 2 aliphatic rings. The van der Waals surface area contributed by atoms with Crippen molar-refractivity contribution in [3.05, 3.63) is 106 Å². The number of fused-ring (bicyclic) bond motifs is 1. The van der Waals surface area contributed by atoms with Crippen LogP contribution in [0, 0.1) is 23.7 Å². The Morgan fingerprint density at radius 3 is 2.31 bits per heavy atom. The van der Waals surface area contributed by atoms with Crippen molar-refractivity contribution in [1.29, 1.82) is 0 Å². The second-order valence-corrected chi connectivity index (χ2v) is 20.0. The summed E-state index contributed by atoms with van der Waals surface area (Å²) >= 11 is 0. The summed E-state index contributed by atoms with van der Waals surface area (Å²) in [5, 5.41) is 0. The fourth-order valence-electron chi connectivity index (χ4n) is 10.5. The van der Waals surface area contributed by atoms with E-state index in [-0.39, 0.29) is 42.9 Å². The number of aldehydes is 2. The highest BCUT2D eigenvalue weighted by atomic mass is 19.4. The van der Waals surface area contributed by atoms with Crippen molar-refractivity contribution in [1.82, 2.24) is 0 Å². The number of carbonyl (C=O) groups excluding carboxylic acids is 4. The average Bonchev–Trinajstić information content (AvgIpc) is 3.62. The van der Waals surface area contributed by atoms with Gasteiger partial charge in [-0.25, -0.2) is 0 Å². The number of alkyl halides is 3. The highest BCUT2D eigenvalue weighted by Crippen LogP contribution is 2.44. The van der Waals surface area contributed by atoms with E-state index in [0.29, 0.717) is 61.5 Å². The molecule has 2 aromatic carbocycles. The first-order chi connectivity index (χ1) is 32.3. The number of unbranched alkanes of at least 4 members (excludes halogenated alkanes) is 6. The van der Waals surface area contributed by atoms with E-state index in [1.807, 2.05) is 12.1 Å². The molecule has 0 amide bonds. The number of allylic oxidation sites excluding steroid dienone is 5. The second kappa shape index (κ2) is 29.9. The van der Waals surface area contributed by atoms with E-state index in [1.54, 1.807) is 6.08 Å². The normalized spacial score (nSPS) is 17.9. The van der Waals surface area contributed by atoms with Crippen LogP contribution >= 0.6 is 0 Å². The van der Waals surface area contributed by atoms with E-state index in [0.717, 1.165) is 99.2 Å². The minimum atomic E-state index is -4.52. The molecule has 67 heavy (non-hydrogen) atoms. The van der Waals surface area contributed by atoms with E-state index >= 15 is 0 Å². The first-order valence-corrected chi connectivity index (χ1v) is 26.2. The molecule has 4 unspecified atom stereocenters. The van der Waals surface area contributed by atoms with Gasteiger partial charge in [0.15, 0.2) is 5.78 Å². The second-order valence-electron chi connectivity index (χ2n) is 20.0. The number of hydrogen-bond acceptors (Lipinski definition) is 5. The number of carbonyl (C=O) groups is 4. The molecule has 0 aliphatic heterocycles. The molecular weight excluding hydrogens is 846 g/mol. The molecule has 2 aromatic rings. The quantitative estimate of drug-likeness (QED) is 0.0391. The van der Waals surface area contributed by atoms with Crippen LogP contribution in [0.1, 0.15) is 213 Å². The summed E-state index contributed by atoms with van der Waals surface area (Å²) in [5.41, 5.74) is 5.02. The molecule has 4 rings (SSSR count). The lowest BCUT2D eigenvalue weighted by Gasteiger charge is -2.36. The molecule has 6 atom stereocenters. The molecule has 1 fully saturated rings. The molecule has 1 saturated carbocycles. The standard InChI is InChI=1S/C59H83F3O5/c1-6-10-13-21-43(5)36-56(47-25-19-26-47)49-27-18-23-45(37-49)39-53(65)32-30-44(38-52(8-3)59(60,61)62)22-15-16-29-54(9-4)67-35-17-12-11-14-24-46(7-2)48-31-33-55-51(40-48)41-57(58(55)66)50(42-64)28-20-34-63/h8,18,23,27,30-31,33-34,37-38,40,42-43,46-47,50,54,56-57H,3,6-7,9-17,19-22,24-26,28-29,32,35-36,39,41H2,1-2,4-5H3/b44-30-,52-38+/t43-,46?,50+,54?,56?,57?/m1/s1. The van der Waals surface area contributed by atoms with Gasteiger partial charge in [0, 0.05) is 43.3 Å². The van der Waals surface area contributed by atoms with Gasteiger partial charge in [0.05, 0.1) is 11.7 Å². The number of halogens is 3. The molecular formula is C59H83F3O5. The van der Waals surface area contributed by atoms with Crippen LogP contribution in [-0.2, 0) is 32.0 Å². The summed E-state index contributed by atoms with van der Waals surface area (Å²) in [5.74, 6) is 1.49. The minimum Gasteiger partial charge on any atom is -0.378 e. The highest BCUT2D eigenvalue weighted by molar-refractivity contribution is 6.03. The van der Waals surface area contributed by atoms with Crippen molar-refractivity contribution in [2.24, 2.45) is 23.7 Å². The maximum absolute atomic E-state index is 13.8. The zero-order chi connectivity index (χ0) is 48.6. The van der Waals surface area contributed by atoms with E-state index in [1.165, 1.54) is 62.5 Å². The van der Waals surface area contributed by atoms with Gasteiger partial charge in [-0.1, -0.05) is 152 Å². The lowest BCUT2D eigenvalue weighted by Crippen LogP contribution is -2.22. The van der Waals surface area contributed by atoms with Crippen LogP contribution in [0.4, 0.5) is 13.2 Å². The predicted octanol–water partition coefficient (Wildman–Crippen LogP) is 15.9. The lowest BCUT2D eigenvalue weighted by molar-refractivity contribution is -0.117. The molecule has 0 spiro atoms. The molecule has 2 aliphatic carbocycles. The van der Waals surface area contributed by atoms with Crippen LogP contribution in [0.2, 0.25) is 0 Å². The molecule has 0 saturated heterocycles. The van der Waals surface area contributed by atoms with E-state index in [4.69, 9.17) is 4.74 Å². The summed E-state index contributed by atoms with van der Waals surface area (Å²) in [6.45, 7) is 13.0. The molecule has 8 heteroatoms. The van der Waals surface area contributed by atoms with E-state index in [2.05, 4.69) is 64.6 Å². The number of rotatable bonds is 35. The average molecular weight is 929 g/mol. The van der Waals surface area contributed by atoms with Crippen LogP contribution in [0.15, 0.2) is 78.4 Å². The van der Waals surface area contributed by atoms with Crippen LogP contribution in [0.25, 0.3) is 0 Å². The van der Waals surface area contributed by atoms with Gasteiger partial charge >= 0.3 is 6.18 Å². The summed E-state index contributed by atoms with van der Waals surface area (Å²) in [7, 11) is 0. The van der Waals surface area contributed by atoms with Crippen LogP contribution < -0.4 is 0 Å². The first-order valence-electron chi connectivity index (χ1n) is 26.2. The highest BCUT2D eigenvalue weighted by Gasteiger charge is 2.36. The summed E-state index contributed by atoms with van der Waals surface area (Å²) in [4.78, 5) is 49.1. The van der Waals surface area contributed by atoms with Gasteiger partial charge in [-0.05, 0) is 129 Å². The number of Topliss-reactive ketones (excluding diaryl/α,β-unsaturated/α-hetero) is 2. The Kier molecular flexibility index (Phi) is 24.8. The lowest BCUT2D eigenvalue weighted by atomic mass is 9.69. The molecule has 0 heterocycles. The third-order valence-corrected chi connectivity index (χ3v) is 14.9. The van der Waals surface area contributed by atoms with Crippen molar-refractivity contribution in [2.45, 2.75) is 206 Å². The van der Waals surface area contributed by atoms with E-state index < -0.39 is 17.7 Å². The Hall–Kier alpha value is -3.91. The Balaban J connectivity index is 1.21. The number of benzene rings is 2. The monoisotopic (exact) mass is 929 g/mol. The largest absolute Gasteiger partial charge is 0.416 e. The summed E-state index contributed by atoms with van der Waals surface area (Å²) in [6.07, 6.45) is 22.5. The van der Waals surface area contributed by atoms with Gasteiger partial charge in [0.2, 0.25) is 0 Å². The smallest absolute Gasteiger partial charge is 0.378 e. The van der Waals surface area contributed by atoms with Crippen LogP contribution in [0.5, 0.6) is 0 Å².